The van der Waals surface area contributed by atoms with E-state index in [4.69, 9.17) is 0 Å². The van der Waals surface area contributed by atoms with Crippen molar-refractivity contribution in [3.05, 3.63) is 35.9 Å². The number of rotatable bonds is 7. The van der Waals surface area contributed by atoms with Crippen molar-refractivity contribution in [2.45, 2.75) is 33.2 Å². The number of aliphatic carboxylic acids is 1. The summed E-state index contributed by atoms with van der Waals surface area (Å²) >= 11 is 0. The Hall–Kier alpha value is -2.04. The molecule has 116 valence electrons. The molecular weight excluding hydrogens is 268 g/mol. The molecule has 21 heavy (non-hydrogen) atoms. The van der Waals surface area contributed by atoms with E-state index in [-0.39, 0.29) is 6.42 Å². The van der Waals surface area contributed by atoms with Crippen LogP contribution in [-0.4, -0.2) is 29.7 Å². The van der Waals surface area contributed by atoms with Gasteiger partial charge in [0.2, 0.25) is 0 Å². The Kier molecular flexibility index (Phi) is 6.72. The molecule has 0 bridgehead atoms. The van der Waals surface area contributed by atoms with E-state index in [1.807, 2.05) is 37.3 Å². The second-order valence-electron chi connectivity index (χ2n) is 5.66. The number of carbonyl (C=O) groups is 2. The summed E-state index contributed by atoms with van der Waals surface area (Å²) in [4.78, 5) is 23.0. The number of hydrogen-bond acceptors (Lipinski definition) is 2. The summed E-state index contributed by atoms with van der Waals surface area (Å²) < 4.78 is 0. The van der Waals surface area contributed by atoms with Crippen LogP contribution in [0.5, 0.6) is 0 Å². The molecule has 2 atom stereocenters. The Labute approximate surface area is 125 Å². The van der Waals surface area contributed by atoms with Gasteiger partial charge in [-0.25, -0.2) is 9.59 Å². The molecule has 0 saturated heterocycles. The molecule has 0 aliphatic rings. The van der Waals surface area contributed by atoms with Gasteiger partial charge in [0, 0.05) is 13.0 Å². The maximum absolute atomic E-state index is 11.8. The summed E-state index contributed by atoms with van der Waals surface area (Å²) in [7, 11) is 0. The van der Waals surface area contributed by atoms with Crippen LogP contribution in [-0.2, 0) is 11.2 Å². The molecule has 0 spiro atoms. The number of nitrogens with one attached hydrogen (secondary N) is 2. The van der Waals surface area contributed by atoms with Crippen molar-refractivity contribution in [2.24, 2.45) is 11.8 Å². The minimum Gasteiger partial charge on any atom is -0.480 e. The first-order chi connectivity index (χ1) is 9.90. The van der Waals surface area contributed by atoms with Gasteiger partial charge >= 0.3 is 12.0 Å². The first-order valence-corrected chi connectivity index (χ1v) is 7.21. The average Bonchev–Trinajstić information content (AvgIpc) is 2.44. The van der Waals surface area contributed by atoms with E-state index in [9.17, 15) is 14.7 Å². The van der Waals surface area contributed by atoms with Gasteiger partial charge in [-0.15, -0.1) is 0 Å². The zero-order valence-electron chi connectivity index (χ0n) is 12.8. The summed E-state index contributed by atoms with van der Waals surface area (Å²) in [5.41, 5.74) is 0.876. The molecule has 0 aliphatic carbocycles. The molecule has 0 saturated carbocycles. The summed E-state index contributed by atoms with van der Waals surface area (Å²) in [6, 6.07) is 7.88. The van der Waals surface area contributed by atoms with Crippen molar-refractivity contribution in [3.63, 3.8) is 0 Å². The van der Waals surface area contributed by atoms with E-state index in [1.165, 1.54) is 0 Å². The average molecular weight is 292 g/mol. The molecule has 0 fully saturated rings. The van der Waals surface area contributed by atoms with Crippen molar-refractivity contribution in [3.8, 4) is 0 Å². The minimum absolute atomic E-state index is 0.267. The number of benzene rings is 1. The highest BCUT2D eigenvalue weighted by molar-refractivity contribution is 5.82. The SMILES string of the molecule is CC(C)C(C)CNC(=O)N[C@@H](Cc1ccccc1)C(=O)O. The maximum Gasteiger partial charge on any atom is 0.326 e. The predicted molar refractivity (Wildman–Crippen MR) is 82.1 cm³/mol. The van der Waals surface area contributed by atoms with E-state index in [0.29, 0.717) is 18.4 Å². The molecule has 2 amide bonds. The largest absolute Gasteiger partial charge is 0.480 e. The van der Waals surface area contributed by atoms with Crippen LogP contribution < -0.4 is 10.6 Å². The quantitative estimate of drug-likeness (QED) is 0.721. The first kappa shape index (κ1) is 17.0. The fraction of sp³-hybridized carbons (Fsp3) is 0.500. The molecule has 0 aromatic heterocycles. The summed E-state index contributed by atoms with van der Waals surface area (Å²) in [6.45, 7) is 6.74. The molecule has 1 aromatic carbocycles. The number of amides is 2. The Morgan fingerprint density at radius 2 is 1.76 bits per heavy atom. The van der Waals surface area contributed by atoms with Gasteiger partial charge in [0.05, 0.1) is 0 Å². The molecule has 1 rings (SSSR count). The maximum atomic E-state index is 11.8. The van der Waals surface area contributed by atoms with Crippen LogP contribution >= 0.6 is 0 Å². The van der Waals surface area contributed by atoms with Crippen molar-refractivity contribution < 1.29 is 14.7 Å². The lowest BCUT2D eigenvalue weighted by Gasteiger charge is -2.19. The molecular formula is C16H24N2O3. The van der Waals surface area contributed by atoms with E-state index in [1.54, 1.807) is 0 Å². The van der Waals surface area contributed by atoms with E-state index >= 15 is 0 Å². The van der Waals surface area contributed by atoms with Crippen LogP contribution in [0.4, 0.5) is 4.79 Å². The first-order valence-electron chi connectivity index (χ1n) is 7.21. The van der Waals surface area contributed by atoms with E-state index in [2.05, 4.69) is 24.5 Å². The van der Waals surface area contributed by atoms with Crippen LogP contribution in [0.3, 0.4) is 0 Å². The van der Waals surface area contributed by atoms with Crippen LogP contribution in [0, 0.1) is 11.8 Å². The molecule has 3 N–H and O–H groups in total. The number of carboxylic acids is 1. The highest BCUT2D eigenvalue weighted by Crippen LogP contribution is 2.07. The molecule has 1 unspecified atom stereocenters. The van der Waals surface area contributed by atoms with E-state index in [0.717, 1.165) is 5.56 Å². The highest BCUT2D eigenvalue weighted by Gasteiger charge is 2.20. The predicted octanol–water partition coefficient (Wildman–Crippen LogP) is 2.27. The molecule has 5 heteroatoms. The topological polar surface area (TPSA) is 78.4 Å². The highest BCUT2D eigenvalue weighted by atomic mass is 16.4. The van der Waals surface area contributed by atoms with Crippen LogP contribution in [0.25, 0.3) is 0 Å². The Balaban J connectivity index is 2.51. The van der Waals surface area contributed by atoms with E-state index < -0.39 is 18.0 Å². The number of carboxylic acid groups (broad SMARTS) is 1. The lowest BCUT2D eigenvalue weighted by atomic mass is 9.98. The standard InChI is InChI=1S/C16H24N2O3/c1-11(2)12(3)10-17-16(21)18-14(15(19)20)9-13-7-5-4-6-8-13/h4-8,11-12,14H,9-10H2,1-3H3,(H,19,20)(H2,17,18,21)/t12?,14-/m0/s1. The fourth-order valence-electron chi connectivity index (χ4n) is 1.75. The molecule has 5 nitrogen and oxygen atoms in total. The van der Waals surface area contributed by atoms with Crippen molar-refractivity contribution in [2.75, 3.05) is 6.54 Å². The van der Waals surface area contributed by atoms with Gasteiger partial charge in [0.15, 0.2) is 0 Å². The molecule has 0 heterocycles. The zero-order valence-corrected chi connectivity index (χ0v) is 12.8. The molecule has 0 radical (unpaired) electrons. The fourth-order valence-corrected chi connectivity index (χ4v) is 1.75. The summed E-state index contributed by atoms with van der Waals surface area (Å²) in [5, 5.41) is 14.4. The Bertz CT molecular complexity index is 460. The van der Waals surface area contributed by atoms with Gasteiger partial charge < -0.3 is 15.7 Å². The molecule has 0 aliphatic heterocycles. The van der Waals surface area contributed by atoms with Crippen LogP contribution in [0.1, 0.15) is 26.3 Å². The number of urea groups is 1. The van der Waals surface area contributed by atoms with Gasteiger partial charge in [-0.1, -0.05) is 51.1 Å². The van der Waals surface area contributed by atoms with Gasteiger partial charge in [-0.05, 0) is 17.4 Å². The Morgan fingerprint density at radius 3 is 2.29 bits per heavy atom. The van der Waals surface area contributed by atoms with Gasteiger partial charge in [-0.2, -0.15) is 0 Å². The van der Waals surface area contributed by atoms with Gasteiger partial charge in [-0.3, -0.25) is 0 Å². The second kappa shape index (κ2) is 8.29. The van der Waals surface area contributed by atoms with Gasteiger partial charge in [0.1, 0.15) is 6.04 Å². The van der Waals surface area contributed by atoms with Crippen LogP contribution in [0.2, 0.25) is 0 Å². The van der Waals surface area contributed by atoms with Crippen molar-refractivity contribution in [1.29, 1.82) is 0 Å². The lowest BCUT2D eigenvalue weighted by Crippen LogP contribution is -2.48. The van der Waals surface area contributed by atoms with Crippen molar-refractivity contribution >= 4 is 12.0 Å². The third-order valence-electron chi connectivity index (χ3n) is 3.61. The van der Waals surface area contributed by atoms with Crippen LogP contribution in [0.15, 0.2) is 30.3 Å². The second-order valence-corrected chi connectivity index (χ2v) is 5.66. The molecule has 1 aromatic rings. The smallest absolute Gasteiger partial charge is 0.326 e. The zero-order chi connectivity index (χ0) is 15.8. The lowest BCUT2D eigenvalue weighted by molar-refractivity contribution is -0.139. The number of carbonyl (C=O) groups excluding carboxylic acids is 1. The third-order valence-corrected chi connectivity index (χ3v) is 3.61. The summed E-state index contributed by atoms with van der Waals surface area (Å²) in [6.07, 6.45) is 0.267. The monoisotopic (exact) mass is 292 g/mol. The van der Waals surface area contributed by atoms with Gasteiger partial charge in [0.25, 0.3) is 0 Å². The van der Waals surface area contributed by atoms with Crippen molar-refractivity contribution in [1.82, 2.24) is 10.6 Å². The third kappa shape index (κ3) is 6.29. The minimum atomic E-state index is -1.04. The number of hydrogen-bond donors (Lipinski definition) is 3. The normalized spacial score (nSPS) is 13.5. The summed E-state index contributed by atoms with van der Waals surface area (Å²) in [5.74, 6) is -0.232. The Morgan fingerprint density at radius 1 is 1.14 bits per heavy atom.